The molecule has 3 aliphatic carbocycles. The van der Waals surface area contributed by atoms with E-state index >= 15 is 0 Å². The third-order valence-electron chi connectivity index (χ3n) is 8.82. The monoisotopic (exact) mass is 390 g/mol. The number of carbonyl (C=O) groups is 1. The quantitative estimate of drug-likeness (QED) is 0.395. The molecule has 28 heavy (non-hydrogen) atoms. The predicted octanol–water partition coefficient (Wildman–Crippen LogP) is 7.84. The van der Waals surface area contributed by atoms with E-state index in [1.807, 2.05) is 0 Å². The maximum Gasteiger partial charge on any atom is 0.302 e. The van der Waals surface area contributed by atoms with Crippen LogP contribution in [0.5, 0.6) is 0 Å². The van der Waals surface area contributed by atoms with Crippen molar-refractivity contribution in [3.8, 4) is 0 Å². The third-order valence-corrected chi connectivity index (χ3v) is 8.82. The molecule has 0 aromatic carbocycles. The number of rotatable bonds is 8. The molecular formula is C26H46O2. The van der Waals surface area contributed by atoms with Crippen LogP contribution in [0.4, 0.5) is 0 Å². The van der Waals surface area contributed by atoms with Crippen molar-refractivity contribution in [3.05, 3.63) is 0 Å². The molecule has 0 bridgehead atoms. The van der Waals surface area contributed by atoms with E-state index in [9.17, 15) is 4.79 Å². The van der Waals surface area contributed by atoms with E-state index in [4.69, 9.17) is 4.74 Å². The lowest BCUT2D eigenvalue weighted by molar-refractivity contribution is -0.150. The van der Waals surface area contributed by atoms with Crippen molar-refractivity contribution in [2.75, 3.05) is 0 Å². The van der Waals surface area contributed by atoms with E-state index in [1.165, 1.54) is 103 Å². The molecule has 1 atom stereocenters. The fourth-order valence-electron chi connectivity index (χ4n) is 7.19. The topological polar surface area (TPSA) is 26.3 Å². The van der Waals surface area contributed by atoms with Crippen molar-refractivity contribution in [1.29, 1.82) is 0 Å². The Bertz CT molecular complexity index is 451. The molecule has 1 unspecified atom stereocenters. The van der Waals surface area contributed by atoms with Crippen LogP contribution in [0.3, 0.4) is 0 Å². The van der Waals surface area contributed by atoms with Crippen LogP contribution in [-0.2, 0) is 9.53 Å². The molecular weight excluding hydrogens is 344 g/mol. The Balaban J connectivity index is 1.55. The molecule has 162 valence electrons. The van der Waals surface area contributed by atoms with E-state index in [0.29, 0.717) is 5.41 Å². The SMILES string of the molecule is CCC(CCCC1(C2CCCCC2)CCC(OC(C)=O)CC1)C1CCCCC1. The third kappa shape index (κ3) is 5.99. The van der Waals surface area contributed by atoms with Crippen LogP contribution in [-0.4, -0.2) is 12.1 Å². The van der Waals surface area contributed by atoms with Crippen molar-refractivity contribution in [2.24, 2.45) is 23.2 Å². The van der Waals surface area contributed by atoms with Gasteiger partial charge in [-0.1, -0.05) is 77.6 Å². The molecule has 0 saturated heterocycles. The van der Waals surface area contributed by atoms with E-state index < -0.39 is 0 Å². The number of ether oxygens (including phenoxy) is 1. The van der Waals surface area contributed by atoms with Gasteiger partial charge in [0.2, 0.25) is 0 Å². The van der Waals surface area contributed by atoms with Gasteiger partial charge in [-0.15, -0.1) is 0 Å². The molecule has 0 N–H and O–H groups in total. The molecule has 0 aromatic rings. The molecule has 0 radical (unpaired) electrons. The molecule has 0 aliphatic heterocycles. The summed E-state index contributed by atoms with van der Waals surface area (Å²) in [6.07, 6.45) is 25.4. The van der Waals surface area contributed by atoms with Crippen molar-refractivity contribution in [1.82, 2.24) is 0 Å². The first-order valence-corrected chi connectivity index (χ1v) is 12.8. The maximum absolute atomic E-state index is 11.4. The lowest BCUT2D eigenvalue weighted by Gasteiger charge is -2.47. The van der Waals surface area contributed by atoms with E-state index in [0.717, 1.165) is 30.6 Å². The zero-order valence-corrected chi connectivity index (χ0v) is 18.9. The van der Waals surface area contributed by atoms with Crippen molar-refractivity contribution < 1.29 is 9.53 Å². The van der Waals surface area contributed by atoms with E-state index in [2.05, 4.69) is 6.92 Å². The van der Waals surface area contributed by atoms with Gasteiger partial charge in [0.15, 0.2) is 0 Å². The van der Waals surface area contributed by atoms with Crippen LogP contribution >= 0.6 is 0 Å². The summed E-state index contributed by atoms with van der Waals surface area (Å²) in [6, 6.07) is 0. The lowest BCUT2D eigenvalue weighted by atomic mass is 9.59. The second-order valence-electron chi connectivity index (χ2n) is 10.5. The Hall–Kier alpha value is -0.530. The van der Waals surface area contributed by atoms with Crippen LogP contribution in [0, 0.1) is 23.2 Å². The van der Waals surface area contributed by atoms with Crippen molar-refractivity contribution >= 4 is 5.97 Å². The molecule has 2 heteroatoms. The molecule has 2 nitrogen and oxygen atoms in total. The van der Waals surface area contributed by atoms with Gasteiger partial charge in [-0.2, -0.15) is 0 Å². The molecule has 3 rings (SSSR count). The summed E-state index contributed by atoms with van der Waals surface area (Å²) < 4.78 is 5.57. The molecule has 0 amide bonds. The Labute approximate surface area is 174 Å². The fraction of sp³-hybridized carbons (Fsp3) is 0.962. The van der Waals surface area contributed by atoms with Crippen LogP contribution in [0.1, 0.15) is 129 Å². The minimum Gasteiger partial charge on any atom is -0.463 e. The minimum atomic E-state index is -0.0894. The fourth-order valence-corrected chi connectivity index (χ4v) is 7.19. The summed E-state index contributed by atoms with van der Waals surface area (Å²) >= 11 is 0. The molecule has 0 spiro atoms. The highest BCUT2D eigenvalue weighted by molar-refractivity contribution is 5.66. The van der Waals surface area contributed by atoms with E-state index in [1.54, 1.807) is 6.92 Å². The highest BCUT2D eigenvalue weighted by Crippen LogP contribution is 2.52. The van der Waals surface area contributed by atoms with Gasteiger partial charge in [-0.05, 0) is 68.1 Å². The van der Waals surface area contributed by atoms with E-state index in [-0.39, 0.29) is 12.1 Å². The summed E-state index contributed by atoms with van der Waals surface area (Å²) in [7, 11) is 0. The van der Waals surface area contributed by atoms with Crippen LogP contribution in [0.25, 0.3) is 0 Å². The highest BCUT2D eigenvalue weighted by atomic mass is 16.5. The number of hydrogen-bond acceptors (Lipinski definition) is 2. The Morgan fingerprint density at radius 3 is 2.11 bits per heavy atom. The minimum absolute atomic E-state index is 0.0894. The normalized spacial score (nSPS) is 31.4. The summed E-state index contributed by atoms with van der Waals surface area (Å²) in [5.74, 6) is 2.84. The number of carbonyl (C=O) groups excluding carboxylic acids is 1. The highest BCUT2D eigenvalue weighted by Gasteiger charge is 2.42. The van der Waals surface area contributed by atoms with Crippen LogP contribution in [0.15, 0.2) is 0 Å². The molecule has 3 aliphatic rings. The first-order valence-electron chi connectivity index (χ1n) is 12.8. The smallest absolute Gasteiger partial charge is 0.302 e. The first-order chi connectivity index (χ1) is 13.6. The zero-order chi connectivity index (χ0) is 19.8. The molecule has 0 aromatic heterocycles. The molecule has 3 saturated carbocycles. The van der Waals surface area contributed by atoms with Gasteiger partial charge in [0.25, 0.3) is 0 Å². The Kier molecular flexibility index (Phi) is 8.72. The van der Waals surface area contributed by atoms with Gasteiger partial charge in [-0.25, -0.2) is 0 Å². The second-order valence-corrected chi connectivity index (χ2v) is 10.5. The van der Waals surface area contributed by atoms with Gasteiger partial charge in [-0.3, -0.25) is 4.79 Å². The standard InChI is InChI=1S/C26H46O2/c1-3-22(23-11-6-4-7-12-23)13-10-18-26(24-14-8-5-9-15-24)19-16-25(17-20-26)28-21(2)27/h22-25H,3-20H2,1-2H3. The van der Waals surface area contributed by atoms with Crippen LogP contribution < -0.4 is 0 Å². The largest absolute Gasteiger partial charge is 0.463 e. The van der Waals surface area contributed by atoms with Gasteiger partial charge < -0.3 is 4.74 Å². The molecule has 3 fully saturated rings. The average Bonchev–Trinajstić information content (AvgIpc) is 2.73. The van der Waals surface area contributed by atoms with Gasteiger partial charge in [0.05, 0.1) is 0 Å². The van der Waals surface area contributed by atoms with Gasteiger partial charge >= 0.3 is 5.97 Å². The lowest BCUT2D eigenvalue weighted by Crippen LogP contribution is -2.38. The van der Waals surface area contributed by atoms with Crippen LogP contribution in [0.2, 0.25) is 0 Å². The predicted molar refractivity (Wildman–Crippen MR) is 117 cm³/mol. The summed E-state index contributed by atoms with van der Waals surface area (Å²) in [4.78, 5) is 11.4. The van der Waals surface area contributed by atoms with Gasteiger partial charge in [0.1, 0.15) is 6.10 Å². The Morgan fingerprint density at radius 2 is 1.54 bits per heavy atom. The summed E-state index contributed by atoms with van der Waals surface area (Å²) in [5, 5.41) is 0. The maximum atomic E-state index is 11.4. The summed E-state index contributed by atoms with van der Waals surface area (Å²) in [5.41, 5.74) is 0.557. The Morgan fingerprint density at radius 1 is 0.929 bits per heavy atom. The molecule has 0 heterocycles. The summed E-state index contributed by atoms with van der Waals surface area (Å²) in [6.45, 7) is 4.00. The zero-order valence-electron chi connectivity index (χ0n) is 18.9. The van der Waals surface area contributed by atoms with Crippen molar-refractivity contribution in [3.63, 3.8) is 0 Å². The average molecular weight is 391 g/mol. The van der Waals surface area contributed by atoms with Gasteiger partial charge in [0, 0.05) is 6.92 Å². The second kappa shape index (κ2) is 11.0. The van der Waals surface area contributed by atoms with Crippen molar-refractivity contribution in [2.45, 2.75) is 136 Å². The number of hydrogen-bond donors (Lipinski definition) is 0. The first kappa shape index (κ1) is 22.2. The number of esters is 1.